The molecule has 0 bridgehead atoms. The zero-order valence-corrected chi connectivity index (χ0v) is 16.8. The van der Waals surface area contributed by atoms with Crippen molar-refractivity contribution in [3.63, 3.8) is 0 Å². The normalized spacial score (nSPS) is 24.0. The van der Waals surface area contributed by atoms with E-state index in [9.17, 15) is 19.8 Å². The first kappa shape index (κ1) is 23.8. The van der Waals surface area contributed by atoms with Gasteiger partial charge in [-0.05, 0) is 25.7 Å². The molecule has 1 aliphatic carbocycles. The SMILES string of the molecule is CCCCCC[C@H](O)CC=C[C@H]1[C@H](O)CC(=O)[C@@H]1CCCCCCC(=O)O. The number of Topliss-reactive ketones (excluding diaryl/α,β-unsaturated/α-hetero) is 1. The standard InChI is InChI=1S/C22H38O5/c1-2-3-4-7-11-17(23)12-10-14-19-18(20(24)16-21(19)25)13-8-5-6-9-15-22(26)27/h10,14,17-19,21,23,25H,2-9,11-13,15-16H2,1H3,(H,26,27)/t17-,18+,19+,21+/m0/s1. The molecule has 0 aliphatic heterocycles. The Morgan fingerprint density at radius 1 is 1.15 bits per heavy atom. The zero-order valence-electron chi connectivity index (χ0n) is 16.8. The molecule has 0 heterocycles. The molecule has 0 aromatic rings. The third-order valence-corrected chi connectivity index (χ3v) is 5.55. The lowest BCUT2D eigenvalue weighted by atomic mass is 9.88. The third-order valence-electron chi connectivity index (χ3n) is 5.55. The van der Waals surface area contributed by atoms with Crippen LogP contribution in [-0.4, -0.2) is 39.3 Å². The second-order valence-corrected chi connectivity index (χ2v) is 7.94. The summed E-state index contributed by atoms with van der Waals surface area (Å²) in [5.41, 5.74) is 0. The lowest BCUT2D eigenvalue weighted by Crippen LogP contribution is -2.18. The molecule has 0 radical (unpaired) electrons. The van der Waals surface area contributed by atoms with Crippen molar-refractivity contribution in [1.29, 1.82) is 0 Å². The fraction of sp³-hybridized carbons (Fsp3) is 0.818. The number of ketones is 1. The van der Waals surface area contributed by atoms with Gasteiger partial charge in [0.2, 0.25) is 0 Å². The van der Waals surface area contributed by atoms with E-state index < -0.39 is 12.1 Å². The van der Waals surface area contributed by atoms with Crippen LogP contribution in [0.1, 0.15) is 90.4 Å². The van der Waals surface area contributed by atoms with E-state index in [1.54, 1.807) is 0 Å². The van der Waals surface area contributed by atoms with Crippen LogP contribution in [0.15, 0.2) is 12.2 Å². The number of carboxylic acids is 1. The Hall–Kier alpha value is -1.20. The maximum Gasteiger partial charge on any atom is 0.303 e. The van der Waals surface area contributed by atoms with Gasteiger partial charge in [-0.15, -0.1) is 0 Å². The first-order valence-electron chi connectivity index (χ1n) is 10.7. The van der Waals surface area contributed by atoms with Crippen LogP contribution >= 0.6 is 0 Å². The van der Waals surface area contributed by atoms with Gasteiger partial charge in [-0.25, -0.2) is 0 Å². The Kier molecular flexibility index (Phi) is 12.3. The van der Waals surface area contributed by atoms with E-state index >= 15 is 0 Å². The minimum Gasteiger partial charge on any atom is -0.481 e. The molecule has 0 saturated heterocycles. The van der Waals surface area contributed by atoms with Crippen LogP contribution in [0.5, 0.6) is 0 Å². The fourth-order valence-corrected chi connectivity index (χ4v) is 3.90. The number of hydrogen-bond acceptors (Lipinski definition) is 4. The van der Waals surface area contributed by atoms with Crippen molar-refractivity contribution in [3.8, 4) is 0 Å². The first-order valence-corrected chi connectivity index (χ1v) is 10.7. The summed E-state index contributed by atoms with van der Waals surface area (Å²) in [6, 6.07) is 0. The quantitative estimate of drug-likeness (QED) is 0.291. The molecule has 1 aliphatic rings. The van der Waals surface area contributed by atoms with E-state index in [4.69, 9.17) is 5.11 Å². The van der Waals surface area contributed by atoms with Crippen LogP contribution in [0.4, 0.5) is 0 Å². The predicted octanol–water partition coefficient (Wildman–Crippen LogP) is 4.26. The number of aliphatic hydroxyl groups excluding tert-OH is 2. The van der Waals surface area contributed by atoms with Crippen LogP contribution in [0.2, 0.25) is 0 Å². The van der Waals surface area contributed by atoms with Crippen LogP contribution in [0, 0.1) is 11.8 Å². The molecule has 4 atom stereocenters. The van der Waals surface area contributed by atoms with Gasteiger partial charge in [-0.2, -0.15) is 0 Å². The molecule has 1 saturated carbocycles. The highest BCUT2D eigenvalue weighted by Gasteiger charge is 2.39. The molecule has 5 nitrogen and oxygen atoms in total. The highest BCUT2D eigenvalue weighted by atomic mass is 16.4. The summed E-state index contributed by atoms with van der Waals surface area (Å²) >= 11 is 0. The fourth-order valence-electron chi connectivity index (χ4n) is 3.90. The molecule has 0 amide bonds. The summed E-state index contributed by atoms with van der Waals surface area (Å²) < 4.78 is 0. The van der Waals surface area contributed by atoms with Gasteiger partial charge in [0.05, 0.1) is 12.2 Å². The molecule has 0 spiro atoms. The van der Waals surface area contributed by atoms with Crippen molar-refractivity contribution < 1.29 is 24.9 Å². The number of carbonyl (C=O) groups excluding carboxylic acids is 1. The largest absolute Gasteiger partial charge is 0.481 e. The van der Waals surface area contributed by atoms with Crippen molar-refractivity contribution in [3.05, 3.63) is 12.2 Å². The van der Waals surface area contributed by atoms with E-state index in [1.807, 2.05) is 12.2 Å². The molecular weight excluding hydrogens is 344 g/mol. The number of carbonyl (C=O) groups is 2. The van der Waals surface area contributed by atoms with Crippen molar-refractivity contribution in [2.45, 2.75) is 103 Å². The van der Waals surface area contributed by atoms with Gasteiger partial charge in [-0.1, -0.05) is 64.0 Å². The van der Waals surface area contributed by atoms with E-state index in [-0.39, 0.29) is 36.6 Å². The third kappa shape index (κ3) is 10.1. The van der Waals surface area contributed by atoms with Gasteiger partial charge in [0.1, 0.15) is 5.78 Å². The Labute approximate surface area is 163 Å². The number of rotatable bonds is 15. The zero-order chi connectivity index (χ0) is 20.1. The molecule has 0 aromatic carbocycles. The van der Waals surface area contributed by atoms with E-state index in [0.29, 0.717) is 12.8 Å². The minimum atomic E-state index is -0.762. The molecule has 156 valence electrons. The Bertz CT molecular complexity index is 460. The van der Waals surface area contributed by atoms with Crippen LogP contribution in [0.25, 0.3) is 0 Å². The van der Waals surface area contributed by atoms with Crippen LogP contribution < -0.4 is 0 Å². The molecule has 0 aromatic heterocycles. The van der Waals surface area contributed by atoms with Crippen molar-refractivity contribution in [2.75, 3.05) is 0 Å². The van der Waals surface area contributed by atoms with Crippen molar-refractivity contribution >= 4 is 11.8 Å². The summed E-state index contributed by atoms with van der Waals surface area (Å²) in [7, 11) is 0. The summed E-state index contributed by atoms with van der Waals surface area (Å²) in [6.07, 6.45) is 13.4. The summed E-state index contributed by atoms with van der Waals surface area (Å²) in [4.78, 5) is 22.7. The summed E-state index contributed by atoms with van der Waals surface area (Å²) in [5.74, 6) is -0.925. The Morgan fingerprint density at radius 3 is 2.56 bits per heavy atom. The van der Waals surface area contributed by atoms with Gasteiger partial charge in [0.25, 0.3) is 0 Å². The number of aliphatic carboxylic acids is 1. The average molecular weight is 383 g/mol. The monoisotopic (exact) mass is 382 g/mol. The summed E-state index contributed by atoms with van der Waals surface area (Å²) in [6.45, 7) is 2.17. The smallest absolute Gasteiger partial charge is 0.303 e. The van der Waals surface area contributed by atoms with Crippen LogP contribution in [-0.2, 0) is 9.59 Å². The van der Waals surface area contributed by atoms with Gasteiger partial charge in [0.15, 0.2) is 0 Å². The summed E-state index contributed by atoms with van der Waals surface area (Å²) in [5, 5.41) is 28.9. The van der Waals surface area contributed by atoms with E-state index in [0.717, 1.165) is 44.9 Å². The second-order valence-electron chi connectivity index (χ2n) is 7.94. The number of unbranched alkanes of at least 4 members (excludes halogenated alkanes) is 6. The van der Waals surface area contributed by atoms with Gasteiger partial charge in [0, 0.05) is 24.7 Å². The minimum absolute atomic E-state index is 0.128. The molecule has 3 N–H and O–H groups in total. The lowest BCUT2D eigenvalue weighted by molar-refractivity contribution is -0.137. The molecule has 1 rings (SSSR count). The molecule has 0 unspecified atom stereocenters. The average Bonchev–Trinajstić information content (AvgIpc) is 2.88. The highest BCUT2D eigenvalue weighted by molar-refractivity contribution is 5.84. The maximum atomic E-state index is 12.2. The van der Waals surface area contributed by atoms with Gasteiger partial charge < -0.3 is 15.3 Å². The van der Waals surface area contributed by atoms with Crippen LogP contribution in [0.3, 0.4) is 0 Å². The topological polar surface area (TPSA) is 94.8 Å². The van der Waals surface area contributed by atoms with Gasteiger partial charge >= 0.3 is 5.97 Å². The van der Waals surface area contributed by atoms with E-state index in [2.05, 4.69) is 6.92 Å². The highest BCUT2D eigenvalue weighted by Crippen LogP contribution is 2.34. The first-order chi connectivity index (χ1) is 13.0. The van der Waals surface area contributed by atoms with E-state index in [1.165, 1.54) is 12.8 Å². The molecule has 5 heteroatoms. The maximum absolute atomic E-state index is 12.2. The lowest BCUT2D eigenvalue weighted by Gasteiger charge is -2.17. The number of aliphatic hydroxyl groups is 2. The van der Waals surface area contributed by atoms with Crippen molar-refractivity contribution in [1.82, 2.24) is 0 Å². The Balaban J connectivity index is 2.33. The molecule has 1 fully saturated rings. The molecule has 27 heavy (non-hydrogen) atoms. The number of carboxylic acid groups (broad SMARTS) is 1. The van der Waals surface area contributed by atoms with Gasteiger partial charge in [-0.3, -0.25) is 9.59 Å². The Morgan fingerprint density at radius 2 is 1.85 bits per heavy atom. The predicted molar refractivity (Wildman–Crippen MR) is 106 cm³/mol. The number of hydrogen-bond donors (Lipinski definition) is 3. The van der Waals surface area contributed by atoms with Crippen molar-refractivity contribution in [2.24, 2.45) is 11.8 Å². The second kappa shape index (κ2) is 13.9. The molecular formula is C22H38O5.